The summed E-state index contributed by atoms with van der Waals surface area (Å²) in [6.07, 6.45) is 0.780. The van der Waals surface area contributed by atoms with E-state index in [0.29, 0.717) is 17.1 Å². The van der Waals surface area contributed by atoms with E-state index in [2.05, 4.69) is 0 Å². The van der Waals surface area contributed by atoms with E-state index in [-0.39, 0.29) is 5.78 Å². The van der Waals surface area contributed by atoms with Crippen LogP contribution in [0.3, 0.4) is 0 Å². The number of carbonyl (C=O) groups excluding carboxylic acids is 1. The monoisotopic (exact) mass is 211 g/mol. The largest absolute Gasteiger partial charge is 0.326 e. The van der Waals surface area contributed by atoms with Crippen LogP contribution in [0.5, 0.6) is 0 Å². The fraction of sp³-hybridized carbons (Fsp3) is 0.364. The Morgan fingerprint density at radius 1 is 1.50 bits per heavy atom. The Hall–Kier alpha value is -0.860. The molecule has 0 atom stereocenters. The van der Waals surface area contributed by atoms with Gasteiger partial charge in [-0.05, 0) is 30.5 Å². The molecule has 14 heavy (non-hydrogen) atoms. The SMILES string of the molecule is CCc1c(CN)ccc(Cl)c1C(C)=O. The second-order valence-corrected chi connectivity index (χ2v) is 3.58. The topological polar surface area (TPSA) is 43.1 Å². The molecule has 76 valence electrons. The summed E-state index contributed by atoms with van der Waals surface area (Å²) in [7, 11) is 0. The molecule has 0 saturated heterocycles. The van der Waals surface area contributed by atoms with Crippen molar-refractivity contribution in [3.8, 4) is 0 Å². The van der Waals surface area contributed by atoms with Crippen LogP contribution >= 0.6 is 11.6 Å². The molecule has 3 heteroatoms. The maximum Gasteiger partial charge on any atom is 0.161 e. The Labute approximate surface area is 89.1 Å². The van der Waals surface area contributed by atoms with Crippen LogP contribution in [0.1, 0.15) is 35.3 Å². The second-order valence-electron chi connectivity index (χ2n) is 3.17. The highest BCUT2D eigenvalue weighted by atomic mass is 35.5. The van der Waals surface area contributed by atoms with E-state index in [9.17, 15) is 4.79 Å². The maximum atomic E-state index is 11.4. The molecule has 0 radical (unpaired) electrons. The summed E-state index contributed by atoms with van der Waals surface area (Å²) >= 11 is 5.97. The summed E-state index contributed by atoms with van der Waals surface area (Å²) in [5.74, 6) is 0.00199. The number of halogens is 1. The molecule has 0 unspecified atom stereocenters. The summed E-state index contributed by atoms with van der Waals surface area (Å²) in [6.45, 7) is 3.97. The van der Waals surface area contributed by atoms with Crippen LogP contribution in [0.15, 0.2) is 12.1 Å². The van der Waals surface area contributed by atoms with Gasteiger partial charge in [0.15, 0.2) is 5.78 Å². The van der Waals surface area contributed by atoms with Crippen molar-refractivity contribution < 1.29 is 4.79 Å². The number of carbonyl (C=O) groups is 1. The number of nitrogens with two attached hydrogens (primary N) is 1. The zero-order valence-corrected chi connectivity index (χ0v) is 9.19. The number of hydrogen-bond donors (Lipinski definition) is 1. The number of Topliss-reactive ketones (excluding diaryl/α,β-unsaturated/α-hetero) is 1. The molecule has 2 nitrogen and oxygen atoms in total. The van der Waals surface area contributed by atoms with E-state index in [1.54, 1.807) is 6.07 Å². The Morgan fingerprint density at radius 3 is 2.57 bits per heavy atom. The number of hydrogen-bond acceptors (Lipinski definition) is 2. The van der Waals surface area contributed by atoms with Crippen LogP contribution in [0.4, 0.5) is 0 Å². The van der Waals surface area contributed by atoms with Gasteiger partial charge in [-0.3, -0.25) is 4.79 Å². The highest BCUT2D eigenvalue weighted by Gasteiger charge is 2.13. The van der Waals surface area contributed by atoms with E-state index >= 15 is 0 Å². The van der Waals surface area contributed by atoms with Crippen molar-refractivity contribution in [3.63, 3.8) is 0 Å². The van der Waals surface area contributed by atoms with Gasteiger partial charge in [0.1, 0.15) is 0 Å². The van der Waals surface area contributed by atoms with Gasteiger partial charge in [0.2, 0.25) is 0 Å². The first-order valence-corrected chi connectivity index (χ1v) is 5.00. The molecule has 0 heterocycles. The summed E-state index contributed by atoms with van der Waals surface area (Å²) < 4.78 is 0. The molecule has 1 rings (SSSR count). The van der Waals surface area contributed by atoms with Gasteiger partial charge in [0, 0.05) is 12.1 Å². The lowest BCUT2D eigenvalue weighted by Gasteiger charge is -2.11. The van der Waals surface area contributed by atoms with Crippen molar-refractivity contribution >= 4 is 17.4 Å². The molecule has 2 N–H and O–H groups in total. The van der Waals surface area contributed by atoms with Gasteiger partial charge >= 0.3 is 0 Å². The third-order valence-electron chi connectivity index (χ3n) is 2.28. The van der Waals surface area contributed by atoms with Crippen molar-refractivity contribution in [3.05, 3.63) is 33.8 Å². The molecule has 1 aromatic rings. The second kappa shape index (κ2) is 4.58. The van der Waals surface area contributed by atoms with Gasteiger partial charge in [-0.25, -0.2) is 0 Å². The van der Waals surface area contributed by atoms with Gasteiger partial charge in [-0.1, -0.05) is 24.6 Å². The van der Waals surface area contributed by atoms with Crippen LogP contribution in [0, 0.1) is 0 Å². The lowest BCUT2D eigenvalue weighted by molar-refractivity contribution is 0.101. The van der Waals surface area contributed by atoms with Crippen molar-refractivity contribution in [1.29, 1.82) is 0 Å². The maximum absolute atomic E-state index is 11.4. The summed E-state index contributed by atoms with van der Waals surface area (Å²) in [4.78, 5) is 11.4. The van der Waals surface area contributed by atoms with Crippen LogP contribution in [-0.2, 0) is 13.0 Å². The highest BCUT2D eigenvalue weighted by Crippen LogP contribution is 2.24. The average molecular weight is 212 g/mol. The lowest BCUT2D eigenvalue weighted by Crippen LogP contribution is -2.07. The summed E-state index contributed by atoms with van der Waals surface area (Å²) in [5, 5.41) is 0.520. The van der Waals surface area contributed by atoms with Gasteiger partial charge in [-0.15, -0.1) is 0 Å². The van der Waals surface area contributed by atoms with Gasteiger partial charge in [-0.2, -0.15) is 0 Å². The Balaban J connectivity index is 3.42. The average Bonchev–Trinajstić information content (AvgIpc) is 2.16. The van der Waals surface area contributed by atoms with Crippen molar-refractivity contribution in [1.82, 2.24) is 0 Å². The standard InChI is InChI=1S/C11H14ClNO/c1-3-9-8(6-13)4-5-10(12)11(9)7(2)14/h4-5H,3,6,13H2,1-2H3. The van der Waals surface area contributed by atoms with Crippen LogP contribution in [0.2, 0.25) is 5.02 Å². The van der Waals surface area contributed by atoms with E-state index < -0.39 is 0 Å². The zero-order valence-electron chi connectivity index (χ0n) is 8.43. The minimum Gasteiger partial charge on any atom is -0.326 e. The first-order valence-electron chi connectivity index (χ1n) is 4.63. The van der Waals surface area contributed by atoms with Crippen molar-refractivity contribution in [2.75, 3.05) is 0 Å². The van der Waals surface area contributed by atoms with Gasteiger partial charge in [0.25, 0.3) is 0 Å². The molecule has 0 amide bonds. The molecule has 0 aliphatic carbocycles. The predicted octanol–water partition coefficient (Wildman–Crippen LogP) is 2.56. The van der Waals surface area contributed by atoms with Crippen LogP contribution < -0.4 is 5.73 Å². The third kappa shape index (κ3) is 1.97. The molecule has 0 bridgehead atoms. The zero-order chi connectivity index (χ0) is 10.7. The van der Waals surface area contributed by atoms with Crippen molar-refractivity contribution in [2.45, 2.75) is 26.8 Å². The molecular weight excluding hydrogens is 198 g/mol. The number of rotatable bonds is 3. The van der Waals surface area contributed by atoms with E-state index in [1.165, 1.54) is 6.92 Å². The minimum atomic E-state index is 0.00199. The highest BCUT2D eigenvalue weighted by molar-refractivity contribution is 6.34. The smallest absolute Gasteiger partial charge is 0.161 e. The molecule has 0 aromatic heterocycles. The normalized spacial score (nSPS) is 10.3. The Bertz CT molecular complexity index is 361. The molecule has 0 saturated carbocycles. The molecule has 0 fully saturated rings. The van der Waals surface area contributed by atoms with E-state index in [4.69, 9.17) is 17.3 Å². The first-order chi connectivity index (χ1) is 6.61. The van der Waals surface area contributed by atoms with E-state index in [1.807, 2.05) is 13.0 Å². The summed E-state index contributed by atoms with van der Waals surface area (Å²) in [6, 6.07) is 3.62. The van der Waals surface area contributed by atoms with Crippen molar-refractivity contribution in [2.24, 2.45) is 5.73 Å². The molecular formula is C11H14ClNO. The lowest BCUT2D eigenvalue weighted by atomic mass is 9.96. The van der Waals surface area contributed by atoms with Crippen LogP contribution in [-0.4, -0.2) is 5.78 Å². The summed E-state index contributed by atoms with van der Waals surface area (Å²) in [5.41, 5.74) is 8.19. The minimum absolute atomic E-state index is 0.00199. The quantitative estimate of drug-likeness (QED) is 0.781. The van der Waals surface area contributed by atoms with Gasteiger partial charge < -0.3 is 5.73 Å². The fourth-order valence-electron chi connectivity index (χ4n) is 1.64. The predicted molar refractivity (Wildman–Crippen MR) is 58.7 cm³/mol. The van der Waals surface area contributed by atoms with Crippen LogP contribution in [0.25, 0.3) is 0 Å². The third-order valence-corrected chi connectivity index (χ3v) is 2.60. The molecule has 0 aliphatic rings. The Morgan fingerprint density at radius 2 is 2.14 bits per heavy atom. The number of ketones is 1. The number of benzene rings is 1. The fourth-order valence-corrected chi connectivity index (χ4v) is 1.95. The Kier molecular flexibility index (Phi) is 3.67. The first kappa shape index (κ1) is 11.2. The molecule has 1 aromatic carbocycles. The van der Waals surface area contributed by atoms with E-state index in [0.717, 1.165) is 17.5 Å². The molecule has 0 spiro atoms. The molecule has 0 aliphatic heterocycles. The van der Waals surface area contributed by atoms with Gasteiger partial charge in [0.05, 0.1) is 5.02 Å².